The summed E-state index contributed by atoms with van der Waals surface area (Å²) in [5.41, 5.74) is 1.11. The number of halogens is 4. The van der Waals surface area contributed by atoms with Gasteiger partial charge in [0.2, 0.25) is 0 Å². The number of benzene rings is 1. The molecule has 0 bridgehead atoms. The van der Waals surface area contributed by atoms with E-state index in [1.807, 2.05) is 25.3 Å². The van der Waals surface area contributed by atoms with Crippen LogP contribution in [-0.2, 0) is 34.2 Å². The topological polar surface area (TPSA) is 139 Å². The minimum Gasteiger partial charge on any atom is -0.475 e. The molecule has 0 saturated heterocycles. The fourth-order valence-electron chi connectivity index (χ4n) is 3.31. The van der Waals surface area contributed by atoms with E-state index in [-0.39, 0.29) is 15.7 Å². The largest absolute Gasteiger partial charge is 0.490 e. The molecule has 0 aliphatic rings. The van der Waals surface area contributed by atoms with Gasteiger partial charge in [0.25, 0.3) is 10.0 Å². The van der Waals surface area contributed by atoms with Crippen molar-refractivity contribution in [3.8, 4) is 11.1 Å². The number of sulfonamides is 1. The van der Waals surface area contributed by atoms with Crippen molar-refractivity contribution in [2.24, 2.45) is 5.92 Å². The van der Waals surface area contributed by atoms with Crippen LogP contribution in [0.15, 0.2) is 40.9 Å². The molecular weight excluding hydrogens is 554 g/mol. The molecule has 2 aromatic heterocycles. The maximum atomic E-state index is 14.9. The minimum atomic E-state index is -5.08. The number of hydrogen-bond donors (Lipinski definition) is 3. The summed E-state index contributed by atoms with van der Waals surface area (Å²) in [6, 6.07) is 6.26. The minimum absolute atomic E-state index is 0.138. The lowest BCUT2D eigenvalue weighted by Crippen LogP contribution is -2.28. The second kappa shape index (κ2) is 12.4. The Morgan fingerprint density at radius 1 is 1.18 bits per heavy atom. The van der Waals surface area contributed by atoms with Gasteiger partial charge in [0.05, 0.1) is 6.54 Å². The summed E-state index contributed by atoms with van der Waals surface area (Å²) >= 11 is 1.00. The molecule has 0 atom stereocenters. The lowest BCUT2D eigenvalue weighted by Gasteiger charge is -2.10. The normalized spacial score (nSPS) is 11.7. The number of carbonyl (C=O) groups is 2. The number of amides is 1. The molecule has 0 saturated carbocycles. The first kappa shape index (κ1) is 30.8. The number of rotatable bonds is 8. The highest BCUT2D eigenvalue weighted by molar-refractivity contribution is 7.92. The van der Waals surface area contributed by atoms with E-state index in [0.717, 1.165) is 28.5 Å². The van der Waals surface area contributed by atoms with Gasteiger partial charge in [0.1, 0.15) is 15.9 Å². The van der Waals surface area contributed by atoms with E-state index in [9.17, 15) is 30.8 Å². The Kier molecular flexibility index (Phi) is 10.0. The summed E-state index contributed by atoms with van der Waals surface area (Å²) in [7, 11) is -4.29. The molecule has 38 heavy (non-hydrogen) atoms. The van der Waals surface area contributed by atoms with E-state index in [1.165, 1.54) is 6.07 Å². The molecule has 0 fully saturated rings. The maximum absolute atomic E-state index is 14.9. The van der Waals surface area contributed by atoms with Gasteiger partial charge >= 0.3 is 18.2 Å². The maximum Gasteiger partial charge on any atom is 0.490 e. The molecular formula is C23H25F4N3O6S2. The van der Waals surface area contributed by atoms with Gasteiger partial charge in [-0.3, -0.25) is 0 Å². The van der Waals surface area contributed by atoms with Crippen LogP contribution in [0.5, 0.6) is 0 Å². The van der Waals surface area contributed by atoms with Crippen LogP contribution in [0.4, 0.5) is 22.4 Å². The van der Waals surface area contributed by atoms with Gasteiger partial charge in [-0.1, -0.05) is 32.9 Å². The standard InChI is InChI=1S/C21H24FN3O4S2.C2HF3O2/c1-4-19-23-7-8-25(19)12-15-6-5-14(10-18(15)22)17-11-16(9-13(2)3)30-20(17)31(28,29)24-21(26)27;3-2(4,5)1(6)7/h5-8,10-11,13,24H,4,9,12H2,1-3H3,(H,26,27);(H,6,7). The van der Waals surface area contributed by atoms with E-state index in [4.69, 9.17) is 15.0 Å². The van der Waals surface area contributed by atoms with E-state index in [0.29, 0.717) is 24.1 Å². The van der Waals surface area contributed by atoms with Gasteiger partial charge in [-0.15, -0.1) is 11.3 Å². The van der Waals surface area contributed by atoms with Crippen LogP contribution in [0.2, 0.25) is 0 Å². The number of carboxylic acids is 1. The highest BCUT2D eigenvalue weighted by atomic mass is 32.2. The Hall–Kier alpha value is -3.46. The molecule has 208 valence electrons. The molecule has 0 spiro atoms. The van der Waals surface area contributed by atoms with Crippen LogP contribution in [0.1, 0.15) is 37.0 Å². The summed E-state index contributed by atoms with van der Waals surface area (Å²) in [6.07, 6.45) is -1.96. The van der Waals surface area contributed by atoms with Gasteiger partial charge in [-0.2, -0.15) is 13.2 Å². The van der Waals surface area contributed by atoms with Gasteiger partial charge in [0.15, 0.2) is 0 Å². The smallest absolute Gasteiger partial charge is 0.475 e. The van der Waals surface area contributed by atoms with Crippen molar-refractivity contribution >= 4 is 33.4 Å². The summed E-state index contributed by atoms with van der Waals surface area (Å²) in [5, 5.41) is 16.0. The van der Waals surface area contributed by atoms with Crippen molar-refractivity contribution in [1.82, 2.24) is 14.3 Å². The molecule has 3 aromatic rings. The first-order chi connectivity index (χ1) is 17.5. The molecule has 1 aromatic carbocycles. The second-order valence-electron chi connectivity index (χ2n) is 8.36. The number of nitrogens with one attached hydrogen (secondary N) is 1. The molecule has 0 aliphatic carbocycles. The van der Waals surface area contributed by atoms with E-state index in [2.05, 4.69) is 4.98 Å². The van der Waals surface area contributed by atoms with Gasteiger partial charge in [-0.25, -0.2) is 32.1 Å². The van der Waals surface area contributed by atoms with E-state index in [1.54, 1.807) is 35.3 Å². The van der Waals surface area contributed by atoms with Crippen molar-refractivity contribution in [2.45, 2.75) is 50.5 Å². The number of imidazole rings is 1. The first-order valence-electron chi connectivity index (χ1n) is 11.0. The van der Waals surface area contributed by atoms with Crippen LogP contribution >= 0.6 is 11.3 Å². The average molecular weight is 580 g/mol. The predicted octanol–water partition coefficient (Wildman–Crippen LogP) is 5.15. The third kappa shape index (κ3) is 8.28. The van der Waals surface area contributed by atoms with Crippen LogP contribution in [-0.4, -0.2) is 46.4 Å². The van der Waals surface area contributed by atoms with Crippen molar-refractivity contribution in [3.05, 3.63) is 58.7 Å². The van der Waals surface area contributed by atoms with Crippen molar-refractivity contribution in [1.29, 1.82) is 0 Å². The molecule has 3 N–H and O–H groups in total. The van der Waals surface area contributed by atoms with Crippen LogP contribution in [0.25, 0.3) is 11.1 Å². The number of aryl methyl sites for hydroxylation is 1. The summed E-state index contributed by atoms with van der Waals surface area (Å²) < 4.78 is 75.1. The Balaban J connectivity index is 0.000000638. The molecule has 3 rings (SSSR count). The number of alkyl halides is 3. The monoisotopic (exact) mass is 579 g/mol. The second-order valence-corrected chi connectivity index (χ2v) is 11.4. The van der Waals surface area contributed by atoms with Crippen LogP contribution < -0.4 is 4.72 Å². The highest BCUT2D eigenvalue weighted by Crippen LogP contribution is 2.37. The summed E-state index contributed by atoms with van der Waals surface area (Å²) in [4.78, 5) is 24.9. The zero-order valence-corrected chi connectivity index (χ0v) is 22.0. The zero-order valence-electron chi connectivity index (χ0n) is 20.4. The lowest BCUT2D eigenvalue weighted by atomic mass is 10.0. The Morgan fingerprint density at radius 3 is 2.32 bits per heavy atom. The number of carboxylic acid groups (broad SMARTS) is 2. The Bertz CT molecular complexity index is 1400. The molecule has 9 nitrogen and oxygen atoms in total. The number of hydrogen-bond acceptors (Lipinski definition) is 6. The number of aliphatic carboxylic acids is 1. The zero-order chi connectivity index (χ0) is 28.8. The fourth-order valence-corrected chi connectivity index (χ4v) is 6.11. The summed E-state index contributed by atoms with van der Waals surface area (Å²) in [5.74, 6) is -2.11. The Morgan fingerprint density at radius 2 is 1.82 bits per heavy atom. The van der Waals surface area contributed by atoms with Gasteiger partial charge in [-0.05, 0) is 30.0 Å². The third-order valence-electron chi connectivity index (χ3n) is 4.89. The fraction of sp³-hybridized carbons (Fsp3) is 0.348. The molecule has 2 heterocycles. The van der Waals surface area contributed by atoms with Gasteiger partial charge in [0, 0.05) is 34.8 Å². The number of aromatic nitrogens is 2. The van der Waals surface area contributed by atoms with Crippen LogP contribution in [0.3, 0.4) is 0 Å². The molecule has 15 heteroatoms. The quantitative estimate of drug-likeness (QED) is 0.314. The summed E-state index contributed by atoms with van der Waals surface area (Å²) in [6.45, 7) is 6.27. The number of thiophene rings is 1. The predicted molar refractivity (Wildman–Crippen MR) is 131 cm³/mol. The average Bonchev–Trinajstić information content (AvgIpc) is 3.40. The van der Waals surface area contributed by atoms with Crippen molar-refractivity contribution in [3.63, 3.8) is 0 Å². The first-order valence-corrected chi connectivity index (χ1v) is 13.3. The van der Waals surface area contributed by atoms with Gasteiger partial charge < -0.3 is 14.8 Å². The van der Waals surface area contributed by atoms with Crippen molar-refractivity contribution in [2.75, 3.05) is 0 Å². The lowest BCUT2D eigenvalue weighted by molar-refractivity contribution is -0.192. The van der Waals surface area contributed by atoms with E-state index >= 15 is 0 Å². The van der Waals surface area contributed by atoms with Crippen LogP contribution in [0, 0.1) is 11.7 Å². The van der Waals surface area contributed by atoms with Crippen molar-refractivity contribution < 1.29 is 45.8 Å². The third-order valence-corrected chi connectivity index (χ3v) is 7.90. The number of nitrogens with zero attached hydrogens (tertiary/aromatic N) is 2. The molecule has 1 amide bonds. The molecule has 0 unspecified atom stereocenters. The highest BCUT2D eigenvalue weighted by Gasteiger charge is 2.38. The SMILES string of the molecule is CCc1nccn1Cc1ccc(-c2cc(CC(C)C)sc2S(=O)(=O)NC(=O)O)cc1F.O=C(O)C(F)(F)F. The van der Waals surface area contributed by atoms with E-state index < -0.39 is 34.1 Å². The molecule has 0 radical (unpaired) electrons. The molecule has 0 aliphatic heterocycles. The Labute approximate surface area is 219 Å².